The highest BCUT2D eigenvalue weighted by molar-refractivity contribution is 4.74. The van der Waals surface area contributed by atoms with Crippen LogP contribution in [0.25, 0.3) is 0 Å². The molecule has 0 unspecified atom stereocenters. The summed E-state index contributed by atoms with van der Waals surface area (Å²) in [6.07, 6.45) is 4.13. The number of nitrogens with one attached hydrogen (secondary N) is 1. The molecule has 0 heterocycles. The number of rotatable bonds is 18. The first-order valence-corrected chi connectivity index (χ1v) is 9.35. The zero-order valence-electron chi connectivity index (χ0n) is 15.8. The van der Waals surface area contributed by atoms with Crippen molar-refractivity contribution in [2.45, 2.75) is 65.5 Å². The molecule has 0 aromatic carbocycles. The third-order valence-corrected chi connectivity index (χ3v) is 3.14. The van der Waals surface area contributed by atoms with Crippen molar-refractivity contribution in [1.29, 1.82) is 0 Å². The summed E-state index contributed by atoms with van der Waals surface area (Å²) in [6, 6.07) is 0.349. The van der Waals surface area contributed by atoms with Crippen LogP contribution in [0.3, 0.4) is 0 Å². The summed E-state index contributed by atoms with van der Waals surface area (Å²) in [5.41, 5.74) is 0. The average Bonchev–Trinajstić information content (AvgIpc) is 2.55. The first-order valence-electron chi connectivity index (χ1n) is 9.35. The molecule has 0 radical (unpaired) electrons. The Morgan fingerprint density at radius 3 is 1.00 bits per heavy atom. The number of hydrogen-bond acceptors (Lipinski definition) is 5. The second-order valence-corrected chi connectivity index (χ2v) is 5.86. The van der Waals surface area contributed by atoms with Gasteiger partial charge in [-0.1, -0.05) is 27.7 Å². The summed E-state index contributed by atoms with van der Waals surface area (Å²) in [7, 11) is 0. The molecule has 0 spiro atoms. The first-order chi connectivity index (χ1) is 11.3. The van der Waals surface area contributed by atoms with Gasteiger partial charge in [-0.3, -0.25) is 0 Å². The Hall–Kier alpha value is -0.200. The summed E-state index contributed by atoms with van der Waals surface area (Å²) >= 11 is 0. The molecule has 0 aliphatic carbocycles. The highest BCUT2D eigenvalue weighted by Gasteiger charge is 2.16. The molecule has 0 rings (SSSR count). The summed E-state index contributed by atoms with van der Waals surface area (Å²) in [5, 5.41) is 3.59. The molecular weight excluding hydrogens is 294 g/mol. The van der Waals surface area contributed by atoms with E-state index in [1.807, 2.05) is 0 Å². The van der Waals surface area contributed by atoms with Gasteiger partial charge < -0.3 is 24.3 Å². The van der Waals surface area contributed by atoms with Gasteiger partial charge >= 0.3 is 0 Å². The SMILES string of the molecule is CCCOCC(COCCC)NC(COCCC)COCCC. The van der Waals surface area contributed by atoms with Crippen molar-refractivity contribution < 1.29 is 18.9 Å². The lowest BCUT2D eigenvalue weighted by Crippen LogP contribution is -2.48. The van der Waals surface area contributed by atoms with E-state index in [2.05, 4.69) is 33.0 Å². The zero-order valence-corrected chi connectivity index (χ0v) is 15.8. The molecular formula is C18H39NO4. The van der Waals surface area contributed by atoms with Gasteiger partial charge in [-0.25, -0.2) is 0 Å². The van der Waals surface area contributed by atoms with Crippen molar-refractivity contribution in [1.82, 2.24) is 5.32 Å². The average molecular weight is 334 g/mol. The van der Waals surface area contributed by atoms with Crippen molar-refractivity contribution in [2.24, 2.45) is 0 Å². The monoisotopic (exact) mass is 333 g/mol. The lowest BCUT2D eigenvalue weighted by Gasteiger charge is -2.26. The standard InChI is InChI=1S/C18H39NO4/c1-5-9-20-13-17(14-21-10-6-2)19-18(15-22-11-7-3)16-23-12-8-4/h17-19H,5-16H2,1-4H3. The van der Waals surface area contributed by atoms with E-state index in [1.54, 1.807) is 0 Å². The molecule has 5 nitrogen and oxygen atoms in total. The van der Waals surface area contributed by atoms with E-state index in [9.17, 15) is 0 Å². The van der Waals surface area contributed by atoms with E-state index in [0.29, 0.717) is 26.4 Å². The van der Waals surface area contributed by atoms with E-state index in [0.717, 1.165) is 52.1 Å². The predicted molar refractivity (Wildman–Crippen MR) is 95.2 cm³/mol. The van der Waals surface area contributed by atoms with Crippen LogP contribution in [0.1, 0.15) is 53.4 Å². The lowest BCUT2D eigenvalue weighted by molar-refractivity contribution is 0.0211. The van der Waals surface area contributed by atoms with E-state index < -0.39 is 0 Å². The molecule has 0 saturated heterocycles. The largest absolute Gasteiger partial charge is 0.380 e. The summed E-state index contributed by atoms with van der Waals surface area (Å²) < 4.78 is 22.8. The molecule has 0 amide bonds. The van der Waals surface area contributed by atoms with Crippen molar-refractivity contribution in [3.05, 3.63) is 0 Å². The Labute approximate surface area is 143 Å². The minimum atomic E-state index is 0.175. The second-order valence-electron chi connectivity index (χ2n) is 5.86. The van der Waals surface area contributed by atoms with Gasteiger partial charge in [-0.05, 0) is 25.7 Å². The Balaban J connectivity index is 4.31. The molecule has 0 saturated carbocycles. The maximum Gasteiger partial charge on any atom is 0.0642 e. The second kappa shape index (κ2) is 18.1. The quantitative estimate of drug-likeness (QED) is 0.391. The Bertz CT molecular complexity index is 187. The highest BCUT2D eigenvalue weighted by atomic mass is 16.5. The van der Waals surface area contributed by atoms with Gasteiger partial charge in [0.25, 0.3) is 0 Å². The molecule has 0 aliphatic heterocycles. The molecule has 23 heavy (non-hydrogen) atoms. The molecule has 0 atom stereocenters. The third kappa shape index (κ3) is 15.1. The van der Waals surface area contributed by atoms with E-state index >= 15 is 0 Å². The fourth-order valence-corrected chi connectivity index (χ4v) is 2.10. The number of hydrogen-bond donors (Lipinski definition) is 1. The highest BCUT2D eigenvalue weighted by Crippen LogP contribution is 1.98. The fraction of sp³-hybridized carbons (Fsp3) is 1.00. The van der Waals surface area contributed by atoms with Gasteiger partial charge in [-0.2, -0.15) is 0 Å². The van der Waals surface area contributed by atoms with E-state index in [1.165, 1.54) is 0 Å². The van der Waals surface area contributed by atoms with Crippen molar-refractivity contribution in [3.8, 4) is 0 Å². The van der Waals surface area contributed by atoms with Gasteiger partial charge in [0.15, 0.2) is 0 Å². The summed E-state index contributed by atoms with van der Waals surface area (Å²) in [5.74, 6) is 0. The van der Waals surface area contributed by atoms with Crippen molar-refractivity contribution in [3.63, 3.8) is 0 Å². The van der Waals surface area contributed by atoms with Gasteiger partial charge in [0, 0.05) is 26.4 Å². The van der Waals surface area contributed by atoms with Crippen LogP contribution < -0.4 is 5.32 Å². The molecule has 0 aromatic heterocycles. The van der Waals surface area contributed by atoms with Crippen LogP contribution in [-0.4, -0.2) is 64.9 Å². The Morgan fingerprint density at radius 2 is 0.783 bits per heavy atom. The first kappa shape index (κ1) is 22.8. The van der Waals surface area contributed by atoms with Crippen LogP contribution in [0.2, 0.25) is 0 Å². The topological polar surface area (TPSA) is 49.0 Å². The summed E-state index contributed by atoms with van der Waals surface area (Å²) in [4.78, 5) is 0. The minimum Gasteiger partial charge on any atom is -0.380 e. The zero-order chi connectivity index (χ0) is 17.2. The molecule has 140 valence electrons. The molecule has 0 aromatic rings. The smallest absolute Gasteiger partial charge is 0.0642 e. The van der Waals surface area contributed by atoms with Gasteiger partial charge in [0.05, 0.1) is 38.5 Å². The normalized spacial score (nSPS) is 11.7. The molecule has 1 N–H and O–H groups in total. The maximum atomic E-state index is 5.70. The molecule has 0 fully saturated rings. The van der Waals surface area contributed by atoms with Gasteiger partial charge in [0.1, 0.15) is 0 Å². The minimum absolute atomic E-state index is 0.175. The van der Waals surface area contributed by atoms with Crippen LogP contribution in [0.5, 0.6) is 0 Å². The van der Waals surface area contributed by atoms with E-state index in [4.69, 9.17) is 18.9 Å². The van der Waals surface area contributed by atoms with E-state index in [-0.39, 0.29) is 12.1 Å². The van der Waals surface area contributed by atoms with Gasteiger partial charge in [0.2, 0.25) is 0 Å². The fourth-order valence-electron chi connectivity index (χ4n) is 2.10. The van der Waals surface area contributed by atoms with Crippen LogP contribution in [0.4, 0.5) is 0 Å². The van der Waals surface area contributed by atoms with Gasteiger partial charge in [-0.15, -0.1) is 0 Å². The van der Waals surface area contributed by atoms with Crippen LogP contribution in [0.15, 0.2) is 0 Å². The lowest BCUT2D eigenvalue weighted by atomic mass is 10.2. The number of ether oxygens (including phenoxy) is 4. The van der Waals surface area contributed by atoms with Crippen LogP contribution in [-0.2, 0) is 18.9 Å². The van der Waals surface area contributed by atoms with Crippen LogP contribution in [0, 0.1) is 0 Å². The maximum absolute atomic E-state index is 5.70. The van der Waals surface area contributed by atoms with Crippen molar-refractivity contribution in [2.75, 3.05) is 52.9 Å². The van der Waals surface area contributed by atoms with Crippen molar-refractivity contribution >= 4 is 0 Å². The third-order valence-electron chi connectivity index (χ3n) is 3.14. The molecule has 0 bridgehead atoms. The molecule has 5 heteroatoms. The predicted octanol–water partition coefficient (Wildman–Crippen LogP) is 3.02. The Morgan fingerprint density at radius 1 is 0.522 bits per heavy atom. The van der Waals surface area contributed by atoms with Crippen LogP contribution >= 0.6 is 0 Å². The molecule has 0 aliphatic rings. The Kier molecular flexibility index (Phi) is 18.0. The summed E-state index contributed by atoms with van der Waals surface area (Å²) in [6.45, 7) is 14.3.